The second-order valence-corrected chi connectivity index (χ2v) is 11.7. The van der Waals surface area contributed by atoms with E-state index in [-0.39, 0.29) is 30.1 Å². The first-order chi connectivity index (χ1) is 18.0. The summed E-state index contributed by atoms with van der Waals surface area (Å²) in [5, 5.41) is 9.12. The van der Waals surface area contributed by atoms with Gasteiger partial charge in [0.2, 0.25) is 0 Å². The Bertz CT molecular complexity index is 973. The lowest BCUT2D eigenvalue weighted by Crippen LogP contribution is -2.55. The minimum Gasteiger partial charge on any atom is -0.444 e. The van der Waals surface area contributed by atoms with E-state index in [2.05, 4.69) is 16.0 Å². The van der Waals surface area contributed by atoms with Crippen LogP contribution in [0.4, 0.5) is 31.1 Å². The number of hydrogen-bond acceptors (Lipinski definition) is 4. The number of ether oxygens (including phenoxy) is 1. The number of alkyl carbamates (subject to hydrolysis) is 1. The van der Waals surface area contributed by atoms with Crippen LogP contribution in [0.25, 0.3) is 0 Å². The summed E-state index contributed by atoms with van der Waals surface area (Å²) in [4.78, 5) is 24.8. The molecule has 1 aromatic rings. The molecule has 0 atom stereocenters. The molecule has 2 aliphatic rings. The van der Waals surface area contributed by atoms with Crippen LogP contribution in [0.3, 0.4) is 0 Å². The molecule has 3 rings (SSSR count). The maximum Gasteiger partial charge on any atom is 0.416 e. The summed E-state index contributed by atoms with van der Waals surface area (Å²) in [6.07, 6.45) is -3.66. The first kappa shape index (κ1) is 31.0. The Morgan fingerprint density at radius 2 is 1.44 bits per heavy atom. The molecule has 0 aromatic heterocycles. The van der Waals surface area contributed by atoms with Crippen LogP contribution < -0.4 is 16.0 Å². The van der Waals surface area contributed by atoms with Crippen molar-refractivity contribution >= 4 is 12.0 Å². The number of alkyl halides is 6. The van der Waals surface area contributed by atoms with Crippen LogP contribution in [0, 0.1) is 5.92 Å². The standard InChI is InChI=1S/C27H37F6N3O3/c1-24(2,3)39-23(38)36-25(10-4-5-11-25)16-35-21-8-6-17(7-9-21)15-34-22(37)18-12-19(26(28,29)30)14-20(13-18)27(31,32)33/h12-14,17,21,35H,4-11,15-16H2,1-3H3,(H,34,37)(H,36,38)/t17-,21+. The van der Waals surface area contributed by atoms with Crippen LogP contribution in [0.2, 0.25) is 0 Å². The molecule has 12 heteroatoms. The second-order valence-electron chi connectivity index (χ2n) is 11.7. The highest BCUT2D eigenvalue weighted by atomic mass is 19.4. The van der Waals surface area contributed by atoms with E-state index in [1.54, 1.807) is 0 Å². The fourth-order valence-corrected chi connectivity index (χ4v) is 5.25. The normalized spacial score (nSPS) is 21.9. The highest BCUT2D eigenvalue weighted by Gasteiger charge is 2.39. The Morgan fingerprint density at radius 3 is 1.92 bits per heavy atom. The van der Waals surface area contributed by atoms with Gasteiger partial charge in [0, 0.05) is 24.7 Å². The van der Waals surface area contributed by atoms with Gasteiger partial charge in [0.25, 0.3) is 5.91 Å². The average Bonchev–Trinajstić information content (AvgIpc) is 3.27. The Kier molecular flexibility index (Phi) is 9.50. The van der Waals surface area contributed by atoms with Gasteiger partial charge in [0.05, 0.1) is 16.7 Å². The van der Waals surface area contributed by atoms with Crippen molar-refractivity contribution in [1.82, 2.24) is 16.0 Å². The van der Waals surface area contributed by atoms with Crippen LogP contribution in [0.5, 0.6) is 0 Å². The van der Waals surface area contributed by atoms with Crippen molar-refractivity contribution in [3.63, 3.8) is 0 Å². The average molecular weight is 566 g/mol. The van der Waals surface area contributed by atoms with E-state index in [0.717, 1.165) is 51.4 Å². The van der Waals surface area contributed by atoms with Gasteiger partial charge in [0.15, 0.2) is 0 Å². The smallest absolute Gasteiger partial charge is 0.416 e. The number of amides is 2. The molecule has 0 aliphatic heterocycles. The maximum atomic E-state index is 13.1. The van der Waals surface area contributed by atoms with Crippen molar-refractivity contribution < 1.29 is 40.7 Å². The predicted octanol–water partition coefficient (Wildman–Crippen LogP) is 6.44. The molecule has 0 spiro atoms. The molecule has 0 unspecified atom stereocenters. The summed E-state index contributed by atoms with van der Waals surface area (Å²) >= 11 is 0. The van der Waals surface area contributed by atoms with Gasteiger partial charge in [-0.2, -0.15) is 26.3 Å². The molecule has 0 heterocycles. The largest absolute Gasteiger partial charge is 0.444 e. The zero-order valence-electron chi connectivity index (χ0n) is 22.5. The Balaban J connectivity index is 1.49. The van der Waals surface area contributed by atoms with Gasteiger partial charge in [-0.1, -0.05) is 12.8 Å². The number of halogens is 6. The molecule has 2 amide bonds. The van der Waals surface area contributed by atoms with Gasteiger partial charge in [0.1, 0.15) is 5.60 Å². The zero-order valence-corrected chi connectivity index (χ0v) is 22.5. The van der Waals surface area contributed by atoms with Crippen LogP contribution >= 0.6 is 0 Å². The van der Waals surface area contributed by atoms with Crippen molar-refractivity contribution in [3.8, 4) is 0 Å². The molecule has 2 fully saturated rings. The molecule has 1 aromatic carbocycles. The Hall–Kier alpha value is -2.50. The summed E-state index contributed by atoms with van der Waals surface area (Å²) < 4.78 is 84.0. The molecule has 39 heavy (non-hydrogen) atoms. The number of carbonyl (C=O) groups is 2. The van der Waals surface area contributed by atoms with E-state index < -0.39 is 46.6 Å². The van der Waals surface area contributed by atoms with E-state index >= 15 is 0 Å². The van der Waals surface area contributed by atoms with Crippen LogP contribution in [0.15, 0.2) is 18.2 Å². The molecule has 2 saturated carbocycles. The monoisotopic (exact) mass is 565 g/mol. The van der Waals surface area contributed by atoms with Crippen molar-refractivity contribution in [3.05, 3.63) is 34.9 Å². The summed E-state index contributed by atoms with van der Waals surface area (Å²) in [6, 6.07) is 1.09. The molecule has 2 aliphatic carbocycles. The third kappa shape index (κ3) is 9.29. The number of nitrogens with one attached hydrogen (secondary N) is 3. The minimum atomic E-state index is -5.01. The van der Waals surface area contributed by atoms with Crippen molar-refractivity contribution in [1.29, 1.82) is 0 Å². The highest BCUT2D eigenvalue weighted by molar-refractivity contribution is 5.94. The number of rotatable bonds is 7. The summed E-state index contributed by atoms with van der Waals surface area (Å²) in [5.41, 5.74) is -4.67. The summed E-state index contributed by atoms with van der Waals surface area (Å²) in [7, 11) is 0. The molecule has 0 saturated heterocycles. The molecule has 6 nitrogen and oxygen atoms in total. The maximum absolute atomic E-state index is 13.1. The van der Waals surface area contributed by atoms with E-state index in [9.17, 15) is 35.9 Å². The van der Waals surface area contributed by atoms with E-state index in [0.29, 0.717) is 18.7 Å². The highest BCUT2D eigenvalue weighted by Crippen LogP contribution is 2.36. The van der Waals surface area contributed by atoms with E-state index in [1.165, 1.54) is 0 Å². The number of hydrogen-bond donors (Lipinski definition) is 3. The molecular formula is C27H37F6N3O3. The summed E-state index contributed by atoms with van der Waals surface area (Å²) in [6.45, 7) is 6.20. The fraction of sp³-hybridized carbons (Fsp3) is 0.704. The zero-order chi connectivity index (χ0) is 29.1. The number of benzene rings is 1. The van der Waals surface area contributed by atoms with Gasteiger partial charge in [-0.05, 0) is 83.4 Å². The molecular weight excluding hydrogens is 528 g/mol. The van der Waals surface area contributed by atoms with E-state index in [4.69, 9.17) is 4.74 Å². The van der Waals surface area contributed by atoms with Crippen molar-refractivity contribution in [2.75, 3.05) is 13.1 Å². The molecule has 3 N–H and O–H groups in total. The SMILES string of the molecule is CC(C)(C)OC(=O)NC1(CN[C@H]2CC[C@@H](CNC(=O)c3cc(C(F)(F)F)cc(C(F)(F)F)c3)CC2)CCCC1. The fourth-order valence-electron chi connectivity index (χ4n) is 5.25. The first-order valence-electron chi connectivity index (χ1n) is 13.3. The Labute approximate surface area is 224 Å². The third-order valence-corrected chi connectivity index (χ3v) is 7.30. The van der Waals surface area contributed by atoms with Gasteiger partial charge in [-0.15, -0.1) is 0 Å². The van der Waals surface area contributed by atoms with Crippen molar-refractivity contribution in [2.24, 2.45) is 5.92 Å². The predicted molar refractivity (Wildman–Crippen MR) is 133 cm³/mol. The lowest BCUT2D eigenvalue weighted by Gasteiger charge is -2.35. The van der Waals surface area contributed by atoms with Gasteiger partial charge < -0.3 is 20.7 Å². The van der Waals surface area contributed by atoms with Crippen molar-refractivity contribution in [2.45, 2.75) is 102 Å². The molecule has 220 valence electrons. The van der Waals surface area contributed by atoms with Crippen LogP contribution in [-0.2, 0) is 17.1 Å². The summed E-state index contributed by atoms with van der Waals surface area (Å²) in [5.74, 6) is -0.913. The van der Waals surface area contributed by atoms with Crippen LogP contribution in [-0.4, -0.2) is 42.3 Å². The second kappa shape index (κ2) is 11.9. The van der Waals surface area contributed by atoms with Crippen LogP contribution in [0.1, 0.15) is 93.6 Å². The third-order valence-electron chi connectivity index (χ3n) is 7.30. The number of carbonyl (C=O) groups excluding carboxylic acids is 2. The quantitative estimate of drug-likeness (QED) is 0.333. The lowest BCUT2D eigenvalue weighted by molar-refractivity contribution is -0.143. The van der Waals surface area contributed by atoms with Gasteiger partial charge in [-0.25, -0.2) is 4.79 Å². The topological polar surface area (TPSA) is 79.5 Å². The van der Waals surface area contributed by atoms with Gasteiger partial charge in [-0.3, -0.25) is 4.79 Å². The molecule has 0 bridgehead atoms. The van der Waals surface area contributed by atoms with Gasteiger partial charge >= 0.3 is 18.4 Å². The first-order valence-corrected chi connectivity index (χ1v) is 13.3. The molecule has 0 radical (unpaired) electrons. The van der Waals surface area contributed by atoms with E-state index in [1.807, 2.05) is 20.8 Å². The Morgan fingerprint density at radius 1 is 0.897 bits per heavy atom. The minimum absolute atomic E-state index is 0.00377. The lowest BCUT2D eigenvalue weighted by atomic mass is 9.85.